The van der Waals surface area contributed by atoms with E-state index in [2.05, 4.69) is 37.7 Å². The van der Waals surface area contributed by atoms with Gasteiger partial charge in [0.05, 0.1) is 22.5 Å². The van der Waals surface area contributed by atoms with Gasteiger partial charge in [0, 0.05) is 12.7 Å². The Hall–Kier alpha value is -3.32. The molecule has 0 unspecified atom stereocenters. The minimum absolute atomic E-state index is 0.0721. The van der Waals surface area contributed by atoms with Gasteiger partial charge in [-0.2, -0.15) is 0 Å². The van der Waals surface area contributed by atoms with E-state index in [1.165, 1.54) is 23.2 Å². The Bertz CT molecular complexity index is 1110. The van der Waals surface area contributed by atoms with E-state index in [0.717, 1.165) is 33.7 Å². The topological polar surface area (TPSA) is 79.8 Å². The van der Waals surface area contributed by atoms with Crippen molar-refractivity contribution in [3.05, 3.63) is 82.8 Å². The summed E-state index contributed by atoms with van der Waals surface area (Å²) in [5.74, 6) is 0.648. The van der Waals surface area contributed by atoms with Gasteiger partial charge in [0.25, 0.3) is 5.91 Å². The van der Waals surface area contributed by atoms with Gasteiger partial charge >= 0.3 is 0 Å². The number of carbonyl (C=O) groups is 1. The molecule has 3 aromatic heterocycles. The van der Waals surface area contributed by atoms with Crippen LogP contribution in [0, 0.1) is 6.92 Å². The highest BCUT2D eigenvalue weighted by Crippen LogP contribution is 2.33. The smallest absolute Gasteiger partial charge is 0.261 e. The monoisotopic (exact) mass is 403 g/mol. The van der Waals surface area contributed by atoms with E-state index in [0.29, 0.717) is 18.0 Å². The number of carbonyl (C=O) groups excluding carboxylic acids is 1. The van der Waals surface area contributed by atoms with E-state index in [1.807, 2.05) is 43.3 Å². The molecule has 0 saturated heterocycles. The number of fused-ring (bicyclic) bond motifs is 1. The first-order chi connectivity index (χ1) is 14.2. The van der Waals surface area contributed by atoms with Crippen LogP contribution in [0.4, 0.5) is 5.82 Å². The van der Waals surface area contributed by atoms with Crippen molar-refractivity contribution in [1.29, 1.82) is 0 Å². The fraction of sp³-hybridized carbons (Fsp3) is 0.182. The number of nitrogens with one attached hydrogen (secondary N) is 2. The summed E-state index contributed by atoms with van der Waals surface area (Å²) >= 11 is 1.40. The van der Waals surface area contributed by atoms with Gasteiger partial charge in [0.2, 0.25) is 0 Å². The maximum Gasteiger partial charge on any atom is 0.261 e. The molecule has 7 heteroatoms. The van der Waals surface area contributed by atoms with E-state index < -0.39 is 0 Å². The number of hydrogen-bond donors (Lipinski definition) is 2. The zero-order valence-electron chi connectivity index (χ0n) is 16.1. The summed E-state index contributed by atoms with van der Waals surface area (Å²) in [5.41, 5.74) is 3.02. The van der Waals surface area contributed by atoms with Crippen molar-refractivity contribution in [2.75, 3.05) is 11.9 Å². The van der Waals surface area contributed by atoms with Gasteiger partial charge in [0.15, 0.2) is 0 Å². The molecule has 0 atom stereocenters. The zero-order valence-corrected chi connectivity index (χ0v) is 16.9. The zero-order chi connectivity index (χ0) is 20.1. The molecular formula is C22H21N5OS. The number of aromatic nitrogens is 3. The third-order valence-corrected chi connectivity index (χ3v) is 5.84. The van der Waals surface area contributed by atoms with Gasteiger partial charge in [0.1, 0.15) is 17.0 Å². The molecule has 4 aromatic rings. The van der Waals surface area contributed by atoms with Gasteiger partial charge in [-0.05, 0) is 36.6 Å². The summed E-state index contributed by atoms with van der Waals surface area (Å²) in [6.07, 6.45) is 4.09. The first-order valence-corrected chi connectivity index (χ1v) is 10.2. The Morgan fingerprint density at radius 2 is 1.86 bits per heavy atom. The highest BCUT2D eigenvalue weighted by molar-refractivity contribution is 7.20. The highest BCUT2D eigenvalue weighted by Gasteiger charge is 2.19. The summed E-state index contributed by atoms with van der Waals surface area (Å²) in [7, 11) is 0. The van der Waals surface area contributed by atoms with Crippen LogP contribution >= 0.6 is 11.3 Å². The second-order valence-electron chi connectivity index (χ2n) is 6.62. The molecule has 0 aliphatic carbocycles. The molecule has 0 spiro atoms. The van der Waals surface area contributed by atoms with Crippen molar-refractivity contribution in [3.8, 4) is 0 Å². The van der Waals surface area contributed by atoms with Crippen molar-refractivity contribution < 1.29 is 4.79 Å². The van der Waals surface area contributed by atoms with Crippen LogP contribution in [0.25, 0.3) is 10.2 Å². The average Bonchev–Trinajstić information content (AvgIpc) is 3.11. The Morgan fingerprint density at radius 3 is 2.66 bits per heavy atom. The number of benzene rings is 1. The lowest BCUT2D eigenvalue weighted by Crippen LogP contribution is -2.25. The average molecular weight is 404 g/mol. The molecule has 6 nitrogen and oxygen atoms in total. The largest absolute Gasteiger partial charge is 0.364 e. The SMILES string of the molecule is Cc1c(C(=O)NCCc2ccccc2)sc2ncnc(NCc3ccccn3)c12. The number of thiophene rings is 1. The normalized spacial score (nSPS) is 10.8. The number of aryl methyl sites for hydroxylation is 1. The second kappa shape index (κ2) is 8.79. The summed E-state index contributed by atoms with van der Waals surface area (Å²) in [6, 6.07) is 15.9. The Morgan fingerprint density at radius 1 is 1.03 bits per heavy atom. The maximum atomic E-state index is 12.7. The molecule has 0 bridgehead atoms. The van der Waals surface area contributed by atoms with E-state index in [9.17, 15) is 4.79 Å². The van der Waals surface area contributed by atoms with Gasteiger partial charge < -0.3 is 10.6 Å². The van der Waals surface area contributed by atoms with Crippen LogP contribution in [0.3, 0.4) is 0 Å². The van der Waals surface area contributed by atoms with Crippen molar-refractivity contribution in [2.45, 2.75) is 19.9 Å². The molecule has 0 saturated carbocycles. The first-order valence-electron chi connectivity index (χ1n) is 9.42. The fourth-order valence-corrected chi connectivity index (χ4v) is 4.21. The van der Waals surface area contributed by atoms with Crippen molar-refractivity contribution in [2.24, 2.45) is 0 Å². The molecule has 29 heavy (non-hydrogen) atoms. The van der Waals surface area contributed by atoms with Crippen LogP contribution in [0.5, 0.6) is 0 Å². The van der Waals surface area contributed by atoms with Crippen molar-refractivity contribution in [1.82, 2.24) is 20.3 Å². The molecule has 0 radical (unpaired) electrons. The second-order valence-corrected chi connectivity index (χ2v) is 7.62. The fourth-order valence-electron chi connectivity index (χ4n) is 3.14. The summed E-state index contributed by atoms with van der Waals surface area (Å²) in [6.45, 7) is 3.09. The number of rotatable bonds is 7. The van der Waals surface area contributed by atoms with Crippen LogP contribution in [0.15, 0.2) is 61.1 Å². The number of amides is 1. The van der Waals surface area contributed by atoms with E-state index in [-0.39, 0.29) is 5.91 Å². The van der Waals surface area contributed by atoms with Crippen LogP contribution in [0.2, 0.25) is 0 Å². The lowest BCUT2D eigenvalue weighted by Gasteiger charge is -2.07. The molecule has 146 valence electrons. The molecule has 1 amide bonds. The van der Waals surface area contributed by atoms with E-state index >= 15 is 0 Å². The third-order valence-electron chi connectivity index (χ3n) is 4.64. The molecule has 1 aromatic carbocycles. The molecular weight excluding hydrogens is 382 g/mol. The predicted molar refractivity (Wildman–Crippen MR) is 116 cm³/mol. The third kappa shape index (κ3) is 4.41. The minimum atomic E-state index is -0.0721. The number of pyridine rings is 1. The van der Waals surface area contributed by atoms with Crippen molar-refractivity contribution >= 4 is 33.3 Å². The highest BCUT2D eigenvalue weighted by atomic mass is 32.1. The maximum absolute atomic E-state index is 12.7. The Labute approximate surface area is 173 Å². The molecule has 0 aliphatic rings. The standard InChI is InChI=1S/C22H21N5OS/c1-15-18-20(25-13-17-9-5-6-11-23-17)26-14-27-22(18)29-19(15)21(28)24-12-10-16-7-3-2-4-8-16/h2-9,11,14H,10,12-13H2,1H3,(H,24,28)(H,25,26,27). The van der Waals surface area contributed by atoms with E-state index in [4.69, 9.17) is 0 Å². The Kier molecular flexibility index (Phi) is 5.76. The summed E-state index contributed by atoms with van der Waals surface area (Å²) in [5, 5.41) is 7.23. The Balaban J connectivity index is 1.48. The van der Waals surface area contributed by atoms with Gasteiger partial charge in [-0.15, -0.1) is 11.3 Å². The summed E-state index contributed by atoms with van der Waals surface area (Å²) < 4.78 is 0. The first kappa shape index (κ1) is 19.0. The van der Waals surface area contributed by atoms with Gasteiger partial charge in [-0.3, -0.25) is 9.78 Å². The van der Waals surface area contributed by atoms with Crippen LogP contribution in [-0.2, 0) is 13.0 Å². The van der Waals surface area contributed by atoms with E-state index in [1.54, 1.807) is 6.20 Å². The van der Waals surface area contributed by atoms with Crippen LogP contribution in [-0.4, -0.2) is 27.4 Å². The quantitative estimate of drug-likeness (QED) is 0.488. The number of nitrogens with zero attached hydrogens (tertiary/aromatic N) is 3. The number of hydrogen-bond acceptors (Lipinski definition) is 6. The predicted octanol–water partition coefficient (Wildman–Crippen LogP) is 3.98. The molecule has 4 rings (SSSR count). The van der Waals surface area contributed by atoms with Crippen LogP contribution in [0.1, 0.15) is 26.5 Å². The lowest BCUT2D eigenvalue weighted by molar-refractivity contribution is 0.0957. The van der Waals surface area contributed by atoms with Gasteiger partial charge in [-0.25, -0.2) is 9.97 Å². The lowest BCUT2D eigenvalue weighted by atomic mass is 10.1. The van der Waals surface area contributed by atoms with Crippen LogP contribution < -0.4 is 10.6 Å². The molecule has 2 N–H and O–H groups in total. The minimum Gasteiger partial charge on any atom is -0.364 e. The summed E-state index contributed by atoms with van der Waals surface area (Å²) in [4.78, 5) is 27.3. The molecule has 0 aliphatic heterocycles. The van der Waals surface area contributed by atoms with Crippen molar-refractivity contribution in [3.63, 3.8) is 0 Å². The number of anilines is 1. The molecule has 3 heterocycles. The van der Waals surface area contributed by atoms with Gasteiger partial charge in [-0.1, -0.05) is 36.4 Å². The molecule has 0 fully saturated rings.